The highest BCUT2D eigenvalue weighted by Crippen LogP contribution is 2.33. The van der Waals surface area contributed by atoms with Crippen molar-refractivity contribution in [3.8, 4) is 0 Å². The van der Waals surface area contributed by atoms with E-state index in [-0.39, 0.29) is 17.2 Å². The molecule has 1 aliphatic rings. The molecule has 0 saturated carbocycles. The van der Waals surface area contributed by atoms with Crippen LogP contribution in [0.3, 0.4) is 0 Å². The number of benzene rings is 2. The minimum absolute atomic E-state index is 0.0463. The molecule has 2 unspecified atom stereocenters. The van der Waals surface area contributed by atoms with Gasteiger partial charge < -0.3 is 0 Å². The number of thioether (sulfide) groups is 1. The standard InChI is InChI=1S/C20H21ClNOS/c1-20(14-24-18-5-3-2-4-6-18)13-16(11-12-22-20)19(23)15-7-9-17(21)10-8-15/h2-10,16H,11-14H2,1H3. The fourth-order valence-electron chi connectivity index (χ4n) is 3.12. The smallest absolute Gasteiger partial charge is 0.166 e. The molecule has 2 atom stereocenters. The Morgan fingerprint density at radius 3 is 2.62 bits per heavy atom. The first-order valence-corrected chi connectivity index (χ1v) is 9.58. The summed E-state index contributed by atoms with van der Waals surface area (Å²) in [6, 6.07) is 17.6. The molecule has 1 heterocycles. The quantitative estimate of drug-likeness (QED) is 0.550. The average molecular weight is 359 g/mol. The fraction of sp³-hybridized carbons (Fsp3) is 0.350. The van der Waals surface area contributed by atoms with Crippen LogP contribution >= 0.6 is 23.4 Å². The monoisotopic (exact) mass is 358 g/mol. The summed E-state index contributed by atoms with van der Waals surface area (Å²) in [6.45, 7) is 2.93. The third-order valence-electron chi connectivity index (χ3n) is 4.45. The maximum Gasteiger partial charge on any atom is 0.166 e. The van der Waals surface area contributed by atoms with E-state index in [1.807, 2.05) is 30.0 Å². The van der Waals surface area contributed by atoms with Gasteiger partial charge in [-0.3, -0.25) is 4.79 Å². The lowest BCUT2D eigenvalue weighted by molar-refractivity contribution is 0.0850. The number of halogens is 1. The van der Waals surface area contributed by atoms with Gasteiger partial charge >= 0.3 is 0 Å². The highest BCUT2D eigenvalue weighted by atomic mass is 35.5. The van der Waals surface area contributed by atoms with Gasteiger partial charge in [-0.05, 0) is 56.2 Å². The van der Waals surface area contributed by atoms with Crippen molar-refractivity contribution in [3.63, 3.8) is 0 Å². The maximum atomic E-state index is 12.8. The van der Waals surface area contributed by atoms with Gasteiger partial charge in [-0.2, -0.15) is 0 Å². The molecule has 1 aliphatic heterocycles. The molecule has 1 fully saturated rings. The number of nitrogens with zero attached hydrogens (tertiary/aromatic N) is 1. The summed E-state index contributed by atoms with van der Waals surface area (Å²) in [5.74, 6) is 1.17. The lowest BCUT2D eigenvalue weighted by Crippen LogP contribution is -2.47. The van der Waals surface area contributed by atoms with Crippen molar-refractivity contribution in [2.24, 2.45) is 5.92 Å². The number of carbonyl (C=O) groups excluding carboxylic acids is 1. The Bertz CT molecular complexity index is 689. The molecular weight excluding hydrogens is 338 g/mol. The van der Waals surface area contributed by atoms with Gasteiger partial charge in [0.05, 0.1) is 0 Å². The van der Waals surface area contributed by atoms with Crippen molar-refractivity contribution < 1.29 is 4.79 Å². The third kappa shape index (κ3) is 4.41. The predicted molar refractivity (Wildman–Crippen MR) is 101 cm³/mol. The van der Waals surface area contributed by atoms with Gasteiger partial charge in [0.25, 0.3) is 0 Å². The van der Waals surface area contributed by atoms with Crippen LogP contribution in [0.2, 0.25) is 5.02 Å². The molecule has 1 saturated heterocycles. The molecular formula is C20H21ClNOS. The van der Waals surface area contributed by atoms with E-state index in [2.05, 4.69) is 31.2 Å². The highest BCUT2D eigenvalue weighted by Gasteiger charge is 2.36. The SMILES string of the molecule is CC1(CSc2ccccc2)CC(C(=O)c2ccc(Cl)cc2)CC[N]1. The van der Waals surface area contributed by atoms with Crippen molar-refractivity contribution >= 4 is 29.1 Å². The van der Waals surface area contributed by atoms with Gasteiger partial charge in [0.2, 0.25) is 0 Å². The van der Waals surface area contributed by atoms with E-state index in [4.69, 9.17) is 16.9 Å². The molecule has 0 spiro atoms. The van der Waals surface area contributed by atoms with Crippen molar-refractivity contribution in [1.29, 1.82) is 0 Å². The number of ketones is 1. The lowest BCUT2D eigenvalue weighted by atomic mass is 9.80. The number of hydrogen-bond acceptors (Lipinski definition) is 2. The first-order valence-electron chi connectivity index (χ1n) is 8.22. The molecule has 0 amide bonds. The van der Waals surface area contributed by atoms with E-state index in [1.165, 1.54) is 4.90 Å². The predicted octanol–water partition coefficient (Wildman–Crippen LogP) is 5.09. The summed E-state index contributed by atoms with van der Waals surface area (Å²) in [6.07, 6.45) is 1.65. The second-order valence-electron chi connectivity index (χ2n) is 6.54. The Morgan fingerprint density at radius 2 is 1.92 bits per heavy atom. The summed E-state index contributed by atoms with van der Waals surface area (Å²) in [4.78, 5) is 14.0. The molecule has 0 bridgehead atoms. The number of rotatable bonds is 5. The molecule has 2 aromatic carbocycles. The highest BCUT2D eigenvalue weighted by molar-refractivity contribution is 7.99. The first kappa shape index (κ1) is 17.5. The van der Waals surface area contributed by atoms with Crippen LogP contribution in [-0.2, 0) is 0 Å². The Balaban J connectivity index is 1.64. The van der Waals surface area contributed by atoms with Crippen LogP contribution in [0.25, 0.3) is 0 Å². The number of carbonyl (C=O) groups is 1. The van der Waals surface area contributed by atoms with Gasteiger partial charge in [0, 0.05) is 39.2 Å². The molecule has 1 radical (unpaired) electrons. The molecule has 0 aliphatic carbocycles. The topological polar surface area (TPSA) is 31.2 Å². The van der Waals surface area contributed by atoms with Gasteiger partial charge in [-0.1, -0.05) is 29.8 Å². The van der Waals surface area contributed by atoms with Crippen LogP contribution < -0.4 is 5.32 Å². The number of Topliss-reactive ketones (excluding diaryl/α,β-unsaturated/α-hetero) is 1. The van der Waals surface area contributed by atoms with Gasteiger partial charge in [-0.15, -0.1) is 11.8 Å². The summed E-state index contributed by atoms with van der Waals surface area (Å²) < 4.78 is 0. The normalized spacial score (nSPS) is 23.8. The molecule has 2 aromatic rings. The average Bonchev–Trinajstić information content (AvgIpc) is 2.61. The van der Waals surface area contributed by atoms with Crippen LogP contribution in [0, 0.1) is 5.92 Å². The lowest BCUT2D eigenvalue weighted by Gasteiger charge is -2.37. The van der Waals surface area contributed by atoms with E-state index < -0.39 is 0 Å². The van der Waals surface area contributed by atoms with Gasteiger partial charge in [-0.25, -0.2) is 5.32 Å². The Morgan fingerprint density at radius 1 is 1.21 bits per heavy atom. The second kappa shape index (κ2) is 7.73. The minimum Gasteiger partial charge on any atom is -0.294 e. The van der Waals surface area contributed by atoms with Crippen molar-refractivity contribution in [2.75, 3.05) is 12.3 Å². The summed E-state index contributed by atoms with van der Waals surface area (Å²) in [5, 5.41) is 5.48. The first-order chi connectivity index (χ1) is 11.6. The van der Waals surface area contributed by atoms with Crippen LogP contribution in [0.4, 0.5) is 0 Å². The Hall–Kier alpha value is -1.29. The summed E-state index contributed by atoms with van der Waals surface area (Å²) in [7, 11) is 0. The zero-order valence-corrected chi connectivity index (χ0v) is 15.3. The van der Waals surface area contributed by atoms with E-state index in [0.29, 0.717) is 5.02 Å². The van der Waals surface area contributed by atoms with E-state index in [1.54, 1.807) is 12.1 Å². The molecule has 24 heavy (non-hydrogen) atoms. The van der Waals surface area contributed by atoms with E-state index in [0.717, 1.165) is 30.7 Å². The molecule has 2 nitrogen and oxygen atoms in total. The number of piperidine rings is 1. The van der Waals surface area contributed by atoms with Crippen LogP contribution in [-0.4, -0.2) is 23.6 Å². The summed E-state index contributed by atoms with van der Waals surface area (Å²) in [5.41, 5.74) is 0.607. The zero-order chi connectivity index (χ0) is 17.0. The van der Waals surface area contributed by atoms with E-state index >= 15 is 0 Å². The molecule has 3 rings (SSSR count). The Kier molecular flexibility index (Phi) is 5.65. The van der Waals surface area contributed by atoms with Crippen LogP contribution in [0.5, 0.6) is 0 Å². The van der Waals surface area contributed by atoms with Gasteiger partial charge in [0.15, 0.2) is 5.78 Å². The molecule has 0 N–H and O–H groups in total. The number of hydrogen-bond donors (Lipinski definition) is 0. The zero-order valence-electron chi connectivity index (χ0n) is 13.7. The molecule has 125 valence electrons. The molecule has 4 heteroatoms. The van der Waals surface area contributed by atoms with Crippen molar-refractivity contribution in [2.45, 2.75) is 30.2 Å². The van der Waals surface area contributed by atoms with Crippen LogP contribution in [0.1, 0.15) is 30.1 Å². The van der Waals surface area contributed by atoms with Crippen LogP contribution in [0.15, 0.2) is 59.5 Å². The summed E-state index contributed by atoms with van der Waals surface area (Å²) >= 11 is 7.73. The minimum atomic E-state index is -0.147. The van der Waals surface area contributed by atoms with E-state index in [9.17, 15) is 4.79 Å². The fourth-order valence-corrected chi connectivity index (χ4v) is 4.28. The second-order valence-corrected chi connectivity index (χ2v) is 8.03. The van der Waals surface area contributed by atoms with Gasteiger partial charge in [0.1, 0.15) is 0 Å². The van der Waals surface area contributed by atoms with Crippen molar-refractivity contribution in [1.82, 2.24) is 5.32 Å². The largest absolute Gasteiger partial charge is 0.294 e. The third-order valence-corrected chi connectivity index (χ3v) is 6.07. The van der Waals surface area contributed by atoms with Crippen molar-refractivity contribution in [3.05, 3.63) is 65.2 Å². The Labute approximate surface area is 153 Å². The molecule has 0 aromatic heterocycles. The maximum absolute atomic E-state index is 12.8.